The molecule has 0 atom stereocenters. The van der Waals surface area contributed by atoms with Crippen LogP contribution in [-0.4, -0.2) is 0 Å². The standard InChI is InChI=1S/C27H40S/c1-9-10-11-12-13-14-15-16-18-24(6)19-17-20-25(7)21-26(8)28-27(22(2)3)23(4)5/h9-12,17,19-20H,2,7-8,13-16,18,21H2,1,3-6H3/b10-9-,12-11-,20-17-,24-19+. The summed E-state index contributed by atoms with van der Waals surface area (Å²) in [6.45, 7) is 23.0. The van der Waals surface area contributed by atoms with E-state index in [1.807, 2.05) is 13.8 Å². The van der Waals surface area contributed by atoms with Gasteiger partial charge in [0.15, 0.2) is 0 Å². The first-order valence-electron chi connectivity index (χ1n) is 10.3. The average Bonchev–Trinajstić information content (AvgIpc) is 2.61. The minimum Gasteiger partial charge on any atom is -0.0955 e. The zero-order valence-electron chi connectivity index (χ0n) is 18.8. The predicted molar refractivity (Wildman–Crippen MR) is 134 cm³/mol. The maximum absolute atomic E-state index is 4.19. The molecule has 0 radical (unpaired) electrons. The Labute approximate surface area is 179 Å². The molecule has 0 aliphatic rings. The molecule has 1 heteroatoms. The van der Waals surface area contributed by atoms with Crippen molar-refractivity contribution in [2.75, 3.05) is 0 Å². The van der Waals surface area contributed by atoms with Crippen LogP contribution in [-0.2, 0) is 0 Å². The number of hydrogen-bond acceptors (Lipinski definition) is 1. The van der Waals surface area contributed by atoms with Crippen molar-refractivity contribution in [1.29, 1.82) is 0 Å². The lowest BCUT2D eigenvalue weighted by Crippen LogP contribution is -1.86. The summed E-state index contributed by atoms with van der Waals surface area (Å²) in [5.41, 5.74) is 4.90. The van der Waals surface area contributed by atoms with Gasteiger partial charge in [0.05, 0.1) is 0 Å². The zero-order valence-corrected chi connectivity index (χ0v) is 19.6. The van der Waals surface area contributed by atoms with Gasteiger partial charge in [-0.05, 0) is 70.8 Å². The summed E-state index contributed by atoms with van der Waals surface area (Å²) in [4.78, 5) is 2.34. The second kappa shape index (κ2) is 16.2. The second-order valence-corrected chi connectivity index (χ2v) is 8.70. The number of hydrogen-bond donors (Lipinski definition) is 0. The number of unbranched alkanes of at least 4 members (excludes halogenated alkanes) is 3. The summed E-state index contributed by atoms with van der Waals surface area (Å²) in [7, 11) is 0. The molecule has 0 aliphatic carbocycles. The van der Waals surface area contributed by atoms with Crippen LogP contribution in [0.3, 0.4) is 0 Å². The second-order valence-electron chi connectivity index (χ2n) is 7.51. The van der Waals surface area contributed by atoms with Crippen LogP contribution in [0.1, 0.15) is 73.1 Å². The quantitative estimate of drug-likeness (QED) is 0.208. The van der Waals surface area contributed by atoms with Crippen LogP contribution in [0.15, 0.2) is 94.4 Å². The topological polar surface area (TPSA) is 0 Å². The smallest absolute Gasteiger partial charge is 0.0128 e. The Morgan fingerprint density at radius 2 is 1.61 bits per heavy atom. The molecule has 0 amide bonds. The fourth-order valence-electron chi connectivity index (χ4n) is 2.67. The molecule has 0 aromatic heterocycles. The third-order valence-electron chi connectivity index (χ3n) is 4.11. The summed E-state index contributed by atoms with van der Waals surface area (Å²) in [5.74, 6) is 0. The van der Waals surface area contributed by atoms with E-state index in [-0.39, 0.29) is 0 Å². The van der Waals surface area contributed by atoms with E-state index in [0.29, 0.717) is 0 Å². The van der Waals surface area contributed by atoms with E-state index >= 15 is 0 Å². The van der Waals surface area contributed by atoms with Gasteiger partial charge in [-0.25, -0.2) is 0 Å². The van der Waals surface area contributed by atoms with Crippen molar-refractivity contribution in [1.82, 2.24) is 0 Å². The van der Waals surface area contributed by atoms with Gasteiger partial charge in [0.25, 0.3) is 0 Å². The summed E-state index contributed by atoms with van der Waals surface area (Å²) in [6.07, 6.45) is 21.9. The van der Waals surface area contributed by atoms with Gasteiger partial charge in [-0.15, -0.1) is 0 Å². The Bertz CT molecular complexity index is 658. The van der Waals surface area contributed by atoms with E-state index in [9.17, 15) is 0 Å². The molecule has 0 N–H and O–H groups in total. The molecule has 154 valence electrons. The summed E-state index contributed by atoms with van der Waals surface area (Å²) in [6, 6.07) is 0. The van der Waals surface area contributed by atoms with Crippen LogP contribution in [0.25, 0.3) is 0 Å². The fraction of sp³-hybridized carbons (Fsp3) is 0.407. The van der Waals surface area contributed by atoms with Crippen molar-refractivity contribution < 1.29 is 0 Å². The van der Waals surface area contributed by atoms with Gasteiger partial charge in [-0.3, -0.25) is 0 Å². The Hall–Kier alpha value is -1.73. The lowest BCUT2D eigenvalue weighted by Gasteiger charge is -2.11. The van der Waals surface area contributed by atoms with Crippen molar-refractivity contribution in [2.45, 2.75) is 73.1 Å². The van der Waals surface area contributed by atoms with Gasteiger partial charge in [-0.1, -0.05) is 97.2 Å². The van der Waals surface area contributed by atoms with Crippen LogP contribution < -0.4 is 0 Å². The van der Waals surface area contributed by atoms with E-state index in [1.165, 1.54) is 48.2 Å². The summed E-state index contributed by atoms with van der Waals surface area (Å²) < 4.78 is 0. The lowest BCUT2D eigenvalue weighted by atomic mass is 10.1. The molecule has 0 fully saturated rings. The first-order valence-corrected chi connectivity index (χ1v) is 11.1. The molecule has 0 saturated heterocycles. The fourth-order valence-corrected chi connectivity index (χ4v) is 3.59. The summed E-state index contributed by atoms with van der Waals surface area (Å²) >= 11 is 1.72. The van der Waals surface area contributed by atoms with Crippen LogP contribution in [0.4, 0.5) is 0 Å². The van der Waals surface area contributed by atoms with E-state index < -0.39 is 0 Å². The third kappa shape index (κ3) is 14.3. The molecule has 0 aromatic carbocycles. The summed E-state index contributed by atoms with van der Waals surface area (Å²) in [5, 5.41) is 0. The maximum atomic E-state index is 4.19. The molecule has 0 unspecified atom stereocenters. The normalized spacial score (nSPS) is 12.2. The van der Waals surface area contributed by atoms with Crippen LogP contribution in [0.5, 0.6) is 0 Å². The maximum Gasteiger partial charge on any atom is 0.0128 e. The Kier molecular flexibility index (Phi) is 15.2. The highest BCUT2D eigenvalue weighted by molar-refractivity contribution is 8.07. The van der Waals surface area contributed by atoms with Gasteiger partial charge in [0.2, 0.25) is 0 Å². The lowest BCUT2D eigenvalue weighted by molar-refractivity contribution is 0.684. The first-order chi connectivity index (χ1) is 13.3. The Morgan fingerprint density at radius 3 is 2.21 bits per heavy atom. The van der Waals surface area contributed by atoms with Gasteiger partial charge < -0.3 is 0 Å². The molecular formula is C27H40S. The van der Waals surface area contributed by atoms with Crippen LogP contribution >= 0.6 is 11.8 Å². The largest absolute Gasteiger partial charge is 0.0955 e. The Balaban J connectivity index is 4.20. The number of thioether (sulfide) groups is 1. The van der Waals surface area contributed by atoms with Crippen LogP contribution in [0, 0.1) is 0 Å². The van der Waals surface area contributed by atoms with Gasteiger partial charge in [-0.2, -0.15) is 0 Å². The van der Waals surface area contributed by atoms with Crippen molar-refractivity contribution in [3.05, 3.63) is 94.4 Å². The van der Waals surface area contributed by atoms with E-state index in [1.54, 1.807) is 11.8 Å². The van der Waals surface area contributed by atoms with E-state index in [0.717, 1.165) is 22.5 Å². The molecule has 0 saturated carbocycles. The molecular weight excluding hydrogens is 356 g/mol. The van der Waals surface area contributed by atoms with Gasteiger partial charge >= 0.3 is 0 Å². The highest BCUT2D eigenvalue weighted by Crippen LogP contribution is 2.34. The molecule has 0 heterocycles. The number of rotatable bonds is 14. The van der Waals surface area contributed by atoms with Crippen LogP contribution in [0.2, 0.25) is 0 Å². The molecule has 28 heavy (non-hydrogen) atoms. The predicted octanol–water partition coefficient (Wildman–Crippen LogP) is 9.63. The first kappa shape index (κ1) is 26.3. The monoisotopic (exact) mass is 396 g/mol. The molecule has 0 bridgehead atoms. The van der Waals surface area contributed by atoms with Gasteiger partial charge in [0.1, 0.15) is 0 Å². The molecule has 0 spiro atoms. The molecule has 0 nitrogen and oxygen atoms in total. The van der Waals surface area contributed by atoms with Crippen molar-refractivity contribution in [2.24, 2.45) is 0 Å². The Morgan fingerprint density at radius 1 is 0.893 bits per heavy atom. The third-order valence-corrected chi connectivity index (χ3v) is 5.50. The minimum atomic E-state index is 0.804. The highest BCUT2D eigenvalue weighted by atomic mass is 32.2. The molecule has 0 aliphatic heterocycles. The molecule has 0 rings (SSSR count). The van der Waals surface area contributed by atoms with Crippen molar-refractivity contribution >= 4 is 11.8 Å². The SMILES string of the molecule is C=C(/C=C\C=C(/C)CCCCC/C=C\C=C/C)CC(=C)SC(C(=C)C)=C(C)C. The average molecular weight is 397 g/mol. The van der Waals surface area contributed by atoms with E-state index in [2.05, 4.69) is 83.0 Å². The zero-order chi connectivity index (χ0) is 21.4. The highest BCUT2D eigenvalue weighted by Gasteiger charge is 2.05. The minimum absolute atomic E-state index is 0.804. The van der Waals surface area contributed by atoms with Gasteiger partial charge in [0, 0.05) is 11.3 Å². The van der Waals surface area contributed by atoms with Crippen molar-refractivity contribution in [3.8, 4) is 0 Å². The molecule has 0 aromatic rings. The number of allylic oxidation sites excluding steroid dienone is 12. The van der Waals surface area contributed by atoms with E-state index in [4.69, 9.17) is 0 Å². The van der Waals surface area contributed by atoms with Crippen molar-refractivity contribution in [3.63, 3.8) is 0 Å².